The molecule has 6 heteroatoms. The Bertz CT molecular complexity index is 147. The minimum atomic E-state index is 0. The molecule has 0 aliphatic heterocycles. The Morgan fingerprint density at radius 2 is 2.00 bits per heavy atom. The van der Waals surface area contributed by atoms with Crippen LogP contribution >= 0.6 is 24.8 Å². The quantitative estimate of drug-likeness (QED) is 0.723. The number of hydrogen-bond acceptors (Lipinski definition) is 3. The molecule has 0 saturated carbocycles. The van der Waals surface area contributed by atoms with Crippen LogP contribution in [0, 0.1) is 5.92 Å². The highest BCUT2D eigenvalue weighted by Gasteiger charge is 2.12. The van der Waals surface area contributed by atoms with Crippen molar-refractivity contribution in [2.45, 2.75) is 6.92 Å². The first-order valence-corrected chi connectivity index (χ1v) is 4.22. The van der Waals surface area contributed by atoms with Crippen molar-refractivity contribution in [2.24, 2.45) is 11.7 Å². The molecule has 0 heterocycles. The smallest absolute Gasteiger partial charge is 0.223 e. The summed E-state index contributed by atoms with van der Waals surface area (Å²) in [4.78, 5) is 13.1. The summed E-state index contributed by atoms with van der Waals surface area (Å²) < 4.78 is 0. The van der Waals surface area contributed by atoms with Gasteiger partial charge in [-0.15, -0.1) is 24.8 Å². The van der Waals surface area contributed by atoms with Gasteiger partial charge in [0.15, 0.2) is 0 Å². The SMILES string of the molecule is CNC(=O)C(C)CN(C)CCN.Cl.Cl. The Morgan fingerprint density at radius 1 is 1.50 bits per heavy atom. The lowest BCUT2D eigenvalue weighted by atomic mass is 10.1. The standard InChI is InChI=1S/C8H19N3O.2ClH/c1-7(8(12)10-2)6-11(3)5-4-9;;/h7H,4-6,9H2,1-3H3,(H,10,12);2*1H. The number of likely N-dealkylation sites (N-methyl/N-ethyl adjacent to an activating group) is 1. The number of carbonyl (C=O) groups is 1. The van der Waals surface area contributed by atoms with Crippen molar-refractivity contribution in [3.63, 3.8) is 0 Å². The zero-order valence-electron chi connectivity index (χ0n) is 8.95. The van der Waals surface area contributed by atoms with Gasteiger partial charge in [0.1, 0.15) is 0 Å². The molecule has 0 spiro atoms. The van der Waals surface area contributed by atoms with Gasteiger partial charge < -0.3 is 16.0 Å². The van der Waals surface area contributed by atoms with Crippen molar-refractivity contribution in [3.05, 3.63) is 0 Å². The highest BCUT2D eigenvalue weighted by atomic mass is 35.5. The van der Waals surface area contributed by atoms with Crippen molar-refractivity contribution in [1.29, 1.82) is 0 Å². The third kappa shape index (κ3) is 8.56. The number of halogens is 2. The molecule has 1 unspecified atom stereocenters. The van der Waals surface area contributed by atoms with E-state index < -0.39 is 0 Å². The van der Waals surface area contributed by atoms with Gasteiger partial charge in [-0.3, -0.25) is 4.79 Å². The van der Waals surface area contributed by atoms with Crippen molar-refractivity contribution in [1.82, 2.24) is 10.2 Å². The molecule has 0 radical (unpaired) electrons. The average Bonchev–Trinajstić information content (AvgIpc) is 2.03. The molecule has 0 aromatic carbocycles. The predicted molar refractivity (Wildman–Crippen MR) is 64.3 cm³/mol. The Kier molecular flexibility index (Phi) is 15.4. The summed E-state index contributed by atoms with van der Waals surface area (Å²) in [5.41, 5.74) is 5.37. The molecule has 1 amide bonds. The third-order valence-corrected chi connectivity index (χ3v) is 1.79. The second kappa shape index (κ2) is 11.0. The largest absolute Gasteiger partial charge is 0.359 e. The summed E-state index contributed by atoms with van der Waals surface area (Å²) in [7, 11) is 3.62. The number of amides is 1. The molecular weight excluding hydrogens is 225 g/mol. The van der Waals surface area contributed by atoms with Crippen LogP contribution in [0.1, 0.15) is 6.92 Å². The van der Waals surface area contributed by atoms with Gasteiger partial charge in [-0.25, -0.2) is 0 Å². The number of carbonyl (C=O) groups excluding carboxylic acids is 1. The highest BCUT2D eigenvalue weighted by Crippen LogP contribution is 1.96. The fraction of sp³-hybridized carbons (Fsp3) is 0.875. The minimum absolute atomic E-state index is 0. The summed E-state index contributed by atoms with van der Waals surface area (Å²) in [5.74, 6) is 0.116. The first-order chi connectivity index (χ1) is 5.61. The molecule has 0 aliphatic rings. The van der Waals surface area contributed by atoms with Crippen LogP contribution in [-0.4, -0.2) is 44.5 Å². The molecule has 4 nitrogen and oxygen atoms in total. The van der Waals surface area contributed by atoms with Crippen molar-refractivity contribution in [2.75, 3.05) is 33.7 Å². The van der Waals surface area contributed by atoms with Gasteiger partial charge in [0.2, 0.25) is 5.91 Å². The maximum atomic E-state index is 11.1. The molecule has 0 aliphatic carbocycles. The highest BCUT2D eigenvalue weighted by molar-refractivity contribution is 5.85. The second-order valence-electron chi connectivity index (χ2n) is 3.07. The normalized spacial score (nSPS) is 11.2. The predicted octanol–water partition coefficient (Wildman–Crippen LogP) is 0.103. The topological polar surface area (TPSA) is 58.4 Å². The Balaban J connectivity index is -0.000000605. The minimum Gasteiger partial charge on any atom is -0.359 e. The zero-order chi connectivity index (χ0) is 9.56. The van der Waals surface area contributed by atoms with Gasteiger partial charge in [0, 0.05) is 32.6 Å². The molecule has 0 saturated heterocycles. The van der Waals surface area contributed by atoms with Crippen molar-refractivity contribution >= 4 is 30.7 Å². The molecule has 1 atom stereocenters. The molecule has 0 bridgehead atoms. The average molecular weight is 246 g/mol. The van der Waals surface area contributed by atoms with Crippen LogP contribution in [0.5, 0.6) is 0 Å². The summed E-state index contributed by atoms with van der Waals surface area (Å²) in [6, 6.07) is 0. The summed E-state index contributed by atoms with van der Waals surface area (Å²) >= 11 is 0. The maximum absolute atomic E-state index is 11.1. The van der Waals surface area contributed by atoms with Crippen LogP contribution in [0.25, 0.3) is 0 Å². The van der Waals surface area contributed by atoms with E-state index in [2.05, 4.69) is 10.2 Å². The molecule has 0 aromatic rings. The lowest BCUT2D eigenvalue weighted by Gasteiger charge is -2.19. The fourth-order valence-electron chi connectivity index (χ4n) is 1.11. The van der Waals surface area contributed by atoms with E-state index >= 15 is 0 Å². The van der Waals surface area contributed by atoms with Crippen LogP contribution in [0.3, 0.4) is 0 Å². The zero-order valence-corrected chi connectivity index (χ0v) is 10.6. The first kappa shape index (κ1) is 19.5. The van der Waals surface area contributed by atoms with Gasteiger partial charge in [-0.05, 0) is 7.05 Å². The van der Waals surface area contributed by atoms with Crippen LogP contribution < -0.4 is 11.1 Å². The van der Waals surface area contributed by atoms with Crippen LogP contribution in [0.15, 0.2) is 0 Å². The van der Waals surface area contributed by atoms with Gasteiger partial charge in [-0.2, -0.15) is 0 Å². The van der Waals surface area contributed by atoms with Gasteiger partial charge >= 0.3 is 0 Å². The lowest BCUT2D eigenvalue weighted by molar-refractivity contribution is -0.124. The molecule has 0 rings (SSSR count). The second-order valence-corrected chi connectivity index (χ2v) is 3.07. The first-order valence-electron chi connectivity index (χ1n) is 4.22. The Hall–Kier alpha value is -0.0300. The molecular formula is C8H21Cl2N3O. The monoisotopic (exact) mass is 245 g/mol. The van der Waals surface area contributed by atoms with Gasteiger partial charge in [0.25, 0.3) is 0 Å². The molecule has 3 N–H and O–H groups in total. The van der Waals surface area contributed by atoms with Crippen molar-refractivity contribution in [3.8, 4) is 0 Å². The van der Waals surface area contributed by atoms with E-state index in [0.29, 0.717) is 6.54 Å². The third-order valence-electron chi connectivity index (χ3n) is 1.79. The maximum Gasteiger partial charge on any atom is 0.223 e. The number of nitrogens with zero attached hydrogens (tertiary/aromatic N) is 1. The van der Waals surface area contributed by atoms with E-state index in [-0.39, 0.29) is 36.6 Å². The van der Waals surface area contributed by atoms with Crippen LogP contribution in [0.2, 0.25) is 0 Å². The van der Waals surface area contributed by atoms with E-state index in [4.69, 9.17) is 5.73 Å². The Labute approximate surface area is 98.4 Å². The number of nitrogens with one attached hydrogen (secondary N) is 1. The van der Waals surface area contributed by atoms with E-state index in [0.717, 1.165) is 13.1 Å². The van der Waals surface area contributed by atoms with E-state index in [9.17, 15) is 4.79 Å². The molecule has 0 fully saturated rings. The summed E-state index contributed by atoms with van der Waals surface area (Å²) in [6.07, 6.45) is 0. The fourth-order valence-corrected chi connectivity index (χ4v) is 1.11. The Morgan fingerprint density at radius 3 is 2.36 bits per heavy atom. The van der Waals surface area contributed by atoms with Crippen LogP contribution in [0.4, 0.5) is 0 Å². The molecule has 0 aromatic heterocycles. The molecule has 88 valence electrons. The van der Waals surface area contributed by atoms with Gasteiger partial charge in [0.05, 0.1) is 0 Å². The van der Waals surface area contributed by atoms with Crippen molar-refractivity contribution < 1.29 is 4.79 Å². The van der Waals surface area contributed by atoms with E-state index in [1.165, 1.54) is 0 Å². The number of hydrogen-bond donors (Lipinski definition) is 2. The van der Waals surface area contributed by atoms with Gasteiger partial charge in [-0.1, -0.05) is 6.92 Å². The van der Waals surface area contributed by atoms with E-state index in [1.54, 1.807) is 7.05 Å². The molecule has 14 heavy (non-hydrogen) atoms. The van der Waals surface area contributed by atoms with E-state index in [1.807, 2.05) is 14.0 Å². The number of nitrogens with two attached hydrogens (primary N) is 1. The number of rotatable bonds is 5. The lowest BCUT2D eigenvalue weighted by Crippen LogP contribution is -2.36. The summed E-state index contributed by atoms with van der Waals surface area (Å²) in [5, 5.41) is 2.62. The summed E-state index contributed by atoms with van der Waals surface area (Å²) in [6.45, 7) is 4.14. The van der Waals surface area contributed by atoms with Crippen LogP contribution in [-0.2, 0) is 4.79 Å².